The molecule has 4 N–H and O–H groups in total. The topological polar surface area (TPSA) is 125 Å². The molecule has 0 fully saturated rings. The molecule has 21 heavy (non-hydrogen) atoms. The SMILES string of the molecule is CC(C)(C)C(=N)N=Nc1nnc(N/N=C(/N)C(C)(C)C)s1. The normalized spacial score (nSPS) is 13.7. The fraction of sp³-hybridized carbons (Fsp3) is 0.667. The Hall–Kier alpha value is -1.90. The van der Waals surface area contributed by atoms with E-state index in [0.717, 1.165) is 0 Å². The molecule has 0 aliphatic carbocycles. The zero-order valence-electron chi connectivity index (χ0n) is 13.2. The molecule has 1 rings (SSSR count). The number of rotatable bonds is 3. The molecule has 0 saturated heterocycles. The van der Waals surface area contributed by atoms with Crippen molar-refractivity contribution in [1.29, 1.82) is 5.41 Å². The molecule has 0 unspecified atom stereocenters. The van der Waals surface area contributed by atoms with Gasteiger partial charge >= 0.3 is 0 Å². The molecule has 0 aliphatic rings. The Morgan fingerprint density at radius 1 is 1.14 bits per heavy atom. The number of hydrogen-bond acceptors (Lipinski definition) is 7. The summed E-state index contributed by atoms with van der Waals surface area (Å²) in [5.41, 5.74) is 8.00. The number of nitrogens with one attached hydrogen (secondary N) is 2. The van der Waals surface area contributed by atoms with Crippen LogP contribution < -0.4 is 11.2 Å². The third kappa shape index (κ3) is 5.54. The van der Waals surface area contributed by atoms with Crippen LogP contribution in [0.25, 0.3) is 0 Å². The molecule has 116 valence electrons. The molecule has 0 radical (unpaired) electrons. The molecule has 0 bridgehead atoms. The van der Waals surface area contributed by atoms with Crippen LogP contribution in [0.4, 0.5) is 10.3 Å². The van der Waals surface area contributed by atoms with Gasteiger partial charge < -0.3 is 5.73 Å². The van der Waals surface area contributed by atoms with E-state index in [2.05, 4.69) is 31.0 Å². The van der Waals surface area contributed by atoms with Crippen molar-refractivity contribution in [1.82, 2.24) is 10.2 Å². The Morgan fingerprint density at radius 3 is 2.29 bits per heavy atom. The van der Waals surface area contributed by atoms with Gasteiger partial charge in [0.2, 0.25) is 5.13 Å². The first kappa shape index (κ1) is 17.2. The molecule has 1 heterocycles. The third-order valence-electron chi connectivity index (χ3n) is 2.40. The molecular formula is C12H22N8S. The molecule has 1 aromatic rings. The summed E-state index contributed by atoms with van der Waals surface area (Å²) in [7, 11) is 0. The highest BCUT2D eigenvalue weighted by Gasteiger charge is 2.17. The van der Waals surface area contributed by atoms with Gasteiger partial charge in [-0.2, -0.15) is 5.10 Å². The van der Waals surface area contributed by atoms with Gasteiger partial charge in [0, 0.05) is 10.8 Å². The van der Waals surface area contributed by atoms with Crippen LogP contribution in [0, 0.1) is 16.2 Å². The van der Waals surface area contributed by atoms with E-state index in [-0.39, 0.29) is 16.7 Å². The summed E-state index contributed by atoms with van der Waals surface area (Å²) in [5, 5.41) is 28.1. The van der Waals surface area contributed by atoms with E-state index in [1.54, 1.807) is 0 Å². The number of amidine groups is 2. The van der Waals surface area contributed by atoms with Gasteiger partial charge in [-0.1, -0.05) is 52.9 Å². The minimum Gasteiger partial charge on any atom is -0.385 e. The van der Waals surface area contributed by atoms with Crippen LogP contribution in [0.1, 0.15) is 41.5 Å². The van der Waals surface area contributed by atoms with Crippen LogP contribution in [0.3, 0.4) is 0 Å². The summed E-state index contributed by atoms with van der Waals surface area (Å²) in [6, 6.07) is 0. The largest absolute Gasteiger partial charge is 0.385 e. The standard InChI is InChI=1S/C12H22N8S/c1-11(2,3)7(13)15-17-9-19-20-10(21-9)18-16-8(14)12(4,5)6/h13H,1-6H3,(H2,14,16)(H,18,20). The van der Waals surface area contributed by atoms with Crippen LogP contribution in [-0.2, 0) is 0 Å². The monoisotopic (exact) mass is 310 g/mol. The number of nitrogens with zero attached hydrogens (tertiary/aromatic N) is 5. The van der Waals surface area contributed by atoms with Crippen molar-refractivity contribution in [2.24, 2.45) is 31.9 Å². The van der Waals surface area contributed by atoms with Crippen molar-refractivity contribution in [2.75, 3.05) is 5.43 Å². The van der Waals surface area contributed by atoms with E-state index in [0.29, 0.717) is 16.1 Å². The first-order valence-corrected chi connectivity index (χ1v) is 7.26. The summed E-state index contributed by atoms with van der Waals surface area (Å²) in [6.07, 6.45) is 0. The lowest BCUT2D eigenvalue weighted by atomic mass is 9.96. The fourth-order valence-corrected chi connectivity index (χ4v) is 1.33. The predicted octanol–water partition coefficient (Wildman–Crippen LogP) is 3.38. The molecule has 1 aromatic heterocycles. The first-order chi connectivity index (χ1) is 9.50. The molecule has 0 saturated carbocycles. The van der Waals surface area contributed by atoms with E-state index in [4.69, 9.17) is 11.1 Å². The van der Waals surface area contributed by atoms with Gasteiger partial charge in [0.1, 0.15) is 11.7 Å². The average molecular weight is 310 g/mol. The second kappa shape index (κ2) is 6.25. The molecule has 0 aliphatic heterocycles. The van der Waals surface area contributed by atoms with Gasteiger partial charge in [0.05, 0.1) is 0 Å². The van der Waals surface area contributed by atoms with Crippen molar-refractivity contribution < 1.29 is 0 Å². The van der Waals surface area contributed by atoms with E-state index in [9.17, 15) is 0 Å². The predicted molar refractivity (Wildman–Crippen MR) is 86.3 cm³/mol. The Balaban J connectivity index is 2.71. The van der Waals surface area contributed by atoms with Crippen LogP contribution in [0.15, 0.2) is 15.3 Å². The molecular weight excluding hydrogens is 288 g/mol. The molecule has 0 spiro atoms. The van der Waals surface area contributed by atoms with Gasteiger partial charge in [-0.25, -0.2) is 5.43 Å². The number of azo groups is 1. The lowest BCUT2D eigenvalue weighted by Crippen LogP contribution is -2.29. The lowest BCUT2D eigenvalue weighted by molar-refractivity contribution is 0.578. The molecule has 8 nitrogen and oxygen atoms in total. The van der Waals surface area contributed by atoms with Crippen LogP contribution >= 0.6 is 11.3 Å². The average Bonchev–Trinajstić information content (AvgIpc) is 2.78. The van der Waals surface area contributed by atoms with Gasteiger partial charge in [0.25, 0.3) is 5.13 Å². The second-order valence-corrected chi connectivity index (χ2v) is 7.50. The Morgan fingerprint density at radius 2 is 1.76 bits per heavy atom. The summed E-state index contributed by atoms with van der Waals surface area (Å²) >= 11 is 1.19. The molecule has 0 aromatic carbocycles. The highest BCUT2D eigenvalue weighted by atomic mass is 32.1. The minimum atomic E-state index is -0.347. The first-order valence-electron chi connectivity index (χ1n) is 6.44. The van der Waals surface area contributed by atoms with Crippen molar-refractivity contribution >= 4 is 33.3 Å². The number of hydrazone groups is 1. The number of anilines is 1. The van der Waals surface area contributed by atoms with E-state index < -0.39 is 0 Å². The van der Waals surface area contributed by atoms with E-state index >= 15 is 0 Å². The smallest absolute Gasteiger partial charge is 0.253 e. The lowest BCUT2D eigenvalue weighted by Gasteiger charge is -2.16. The summed E-state index contributed by atoms with van der Waals surface area (Å²) < 4.78 is 0. The fourth-order valence-electron chi connectivity index (χ4n) is 0.820. The maximum Gasteiger partial charge on any atom is 0.253 e. The van der Waals surface area contributed by atoms with Gasteiger partial charge in [-0.15, -0.1) is 20.4 Å². The molecule has 9 heteroatoms. The van der Waals surface area contributed by atoms with Crippen LogP contribution in [-0.4, -0.2) is 21.9 Å². The van der Waals surface area contributed by atoms with Gasteiger partial charge in [-0.05, 0) is 0 Å². The zero-order valence-corrected chi connectivity index (χ0v) is 14.0. The minimum absolute atomic E-state index is 0.183. The third-order valence-corrected chi connectivity index (χ3v) is 3.11. The number of hydrogen-bond donors (Lipinski definition) is 3. The van der Waals surface area contributed by atoms with Gasteiger partial charge in [-0.3, -0.25) is 5.41 Å². The molecule has 0 amide bonds. The highest BCUT2D eigenvalue weighted by molar-refractivity contribution is 7.18. The quantitative estimate of drug-likeness (QED) is 0.342. The highest BCUT2D eigenvalue weighted by Crippen LogP contribution is 2.24. The molecule has 0 atom stereocenters. The maximum absolute atomic E-state index is 7.74. The van der Waals surface area contributed by atoms with Crippen molar-refractivity contribution in [3.8, 4) is 0 Å². The van der Waals surface area contributed by atoms with Crippen LogP contribution in [0.2, 0.25) is 0 Å². The van der Waals surface area contributed by atoms with Crippen molar-refractivity contribution in [3.63, 3.8) is 0 Å². The van der Waals surface area contributed by atoms with E-state index in [1.165, 1.54) is 11.3 Å². The van der Waals surface area contributed by atoms with Crippen LogP contribution in [0.5, 0.6) is 0 Å². The Labute approximate surface area is 128 Å². The van der Waals surface area contributed by atoms with Crippen molar-refractivity contribution in [2.45, 2.75) is 41.5 Å². The second-order valence-electron chi connectivity index (χ2n) is 6.55. The van der Waals surface area contributed by atoms with Gasteiger partial charge in [0.15, 0.2) is 0 Å². The zero-order chi connectivity index (χ0) is 16.3. The summed E-state index contributed by atoms with van der Waals surface area (Å²) in [5.74, 6) is 0.651. The maximum atomic E-state index is 7.74. The summed E-state index contributed by atoms with van der Waals surface area (Å²) in [6.45, 7) is 11.6. The number of aromatic nitrogens is 2. The number of nitrogens with two attached hydrogens (primary N) is 1. The van der Waals surface area contributed by atoms with Crippen molar-refractivity contribution in [3.05, 3.63) is 0 Å². The summed E-state index contributed by atoms with van der Waals surface area (Å²) in [4.78, 5) is 0. The Bertz CT molecular complexity index is 559. The Kier molecular flexibility index (Phi) is 5.10. The van der Waals surface area contributed by atoms with E-state index in [1.807, 2.05) is 41.5 Å².